The highest BCUT2D eigenvalue weighted by atomic mass is 79.9. The van der Waals surface area contributed by atoms with Gasteiger partial charge in [-0.15, -0.1) is 0 Å². The molecule has 0 saturated carbocycles. The summed E-state index contributed by atoms with van der Waals surface area (Å²) in [5.41, 5.74) is 8.41. The van der Waals surface area contributed by atoms with E-state index in [1.54, 1.807) is 18.2 Å². The first-order valence-corrected chi connectivity index (χ1v) is 5.52. The van der Waals surface area contributed by atoms with Gasteiger partial charge >= 0.3 is 6.03 Å². The van der Waals surface area contributed by atoms with Crippen molar-refractivity contribution in [2.75, 3.05) is 0 Å². The Bertz CT molecular complexity index is 564. The number of nitrogens with two attached hydrogens (primary N) is 1. The van der Waals surface area contributed by atoms with Crippen LogP contribution in [0.3, 0.4) is 0 Å². The van der Waals surface area contributed by atoms with E-state index in [-0.39, 0.29) is 11.5 Å². The Morgan fingerprint density at radius 1 is 1.35 bits per heavy atom. The van der Waals surface area contributed by atoms with Crippen LogP contribution in [0.2, 0.25) is 0 Å². The van der Waals surface area contributed by atoms with E-state index >= 15 is 0 Å². The number of allylic oxidation sites excluding steroid dienone is 1. The first kappa shape index (κ1) is 11.5. The molecule has 6 heteroatoms. The molecule has 0 spiro atoms. The van der Waals surface area contributed by atoms with Gasteiger partial charge < -0.3 is 5.73 Å². The van der Waals surface area contributed by atoms with Crippen molar-refractivity contribution in [3.63, 3.8) is 0 Å². The van der Waals surface area contributed by atoms with Gasteiger partial charge in [-0.1, -0.05) is 22.0 Å². The monoisotopic (exact) mass is 293 g/mol. The number of halogens is 1. The van der Waals surface area contributed by atoms with Crippen LogP contribution < -0.4 is 11.2 Å². The number of benzene rings is 1. The number of Topliss-reactive ketones (excluding diaryl/α,β-unsaturated/α-hetero) is 1. The van der Waals surface area contributed by atoms with Crippen LogP contribution in [0, 0.1) is 0 Å². The Kier molecular flexibility index (Phi) is 3.06. The van der Waals surface area contributed by atoms with Gasteiger partial charge in [-0.3, -0.25) is 4.79 Å². The molecule has 86 valence electrons. The van der Waals surface area contributed by atoms with Crippen molar-refractivity contribution >= 4 is 39.5 Å². The summed E-state index contributed by atoms with van der Waals surface area (Å²) in [5, 5.41) is 3.63. The number of fused-ring (bicyclic) bond motifs is 1. The molecule has 0 bridgehead atoms. The molecule has 1 aromatic rings. The second kappa shape index (κ2) is 4.50. The number of rotatable bonds is 1. The number of hydrogen-bond acceptors (Lipinski definition) is 3. The lowest BCUT2D eigenvalue weighted by atomic mass is 9.95. The van der Waals surface area contributed by atoms with Gasteiger partial charge in [0.05, 0.1) is 0 Å². The minimum atomic E-state index is -0.805. The predicted octanol–water partition coefficient (Wildman–Crippen LogP) is 1.68. The third-order valence-corrected chi connectivity index (χ3v) is 2.69. The van der Waals surface area contributed by atoms with Crippen LogP contribution in [0.15, 0.2) is 33.8 Å². The largest absolute Gasteiger partial charge is 0.350 e. The number of primary amides is 1. The molecule has 0 aromatic heterocycles. The van der Waals surface area contributed by atoms with Crippen LogP contribution in [0.4, 0.5) is 4.79 Å². The zero-order valence-corrected chi connectivity index (χ0v) is 10.2. The molecule has 2 rings (SSSR count). The van der Waals surface area contributed by atoms with Gasteiger partial charge in [-0.2, -0.15) is 5.10 Å². The van der Waals surface area contributed by atoms with Crippen molar-refractivity contribution in [3.05, 3.63) is 39.9 Å². The number of carbonyl (C=O) groups excluding carboxylic acids is 2. The molecular formula is C11H8BrN3O2. The van der Waals surface area contributed by atoms with E-state index in [0.29, 0.717) is 5.56 Å². The standard InChI is InChI=1S/C11H8BrN3O2/c12-7-2-3-8-6(5-7)1-4-9(10(8)16)14-15-11(13)17/h1-5H,(H3,13,15,17)/b14-9+. The SMILES string of the molecule is NC(=O)N/N=C1\C=Cc2cc(Br)ccc2C1=O. The second-order valence-electron chi connectivity index (χ2n) is 3.37. The van der Waals surface area contributed by atoms with Gasteiger partial charge in [0.2, 0.25) is 5.78 Å². The molecule has 1 aliphatic rings. The van der Waals surface area contributed by atoms with E-state index in [1.165, 1.54) is 6.08 Å². The van der Waals surface area contributed by atoms with Crippen molar-refractivity contribution in [1.29, 1.82) is 0 Å². The topological polar surface area (TPSA) is 84.6 Å². The molecule has 2 amide bonds. The quantitative estimate of drug-likeness (QED) is 0.772. The average Bonchev–Trinajstić information content (AvgIpc) is 2.27. The highest BCUT2D eigenvalue weighted by molar-refractivity contribution is 9.10. The van der Waals surface area contributed by atoms with Crippen molar-refractivity contribution in [2.24, 2.45) is 10.8 Å². The lowest BCUT2D eigenvalue weighted by Gasteiger charge is -2.10. The van der Waals surface area contributed by atoms with E-state index < -0.39 is 6.03 Å². The number of carbonyl (C=O) groups is 2. The highest BCUT2D eigenvalue weighted by Crippen LogP contribution is 2.22. The lowest BCUT2D eigenvalue weighted by molar-refractivity contribution is 0.106. The smallest absolute Gasteiger partial charge is 0.332 e. The summed E-state index contributed by atoms with van der Waals surface area (Å²) < 4.78 is 0.893. The molecule has 0 saturated heterocycles. The van der Waals surface area contributed by atoms with E-state index in [0.717, 1.165) is 10.0 Å². The van der Waals surface area contributed by atoms with Gasteiger partial charge in [-0.05, 0) is 29.8 Å². The molecule has 0 radical (unpaired) electrons. The number of nitrogens with one attached hydrogen (secondary N) is 1. The van der Waals surface area contributed by atoms with Gasteiger partial charge in [0.1, 0.15) is 5.71 Å². The number of urea groups is 1. The summed E-state index contributed by atoms with van der Waals surface area (Å²) in [6.45, 7) is 0. The van der Waals surface area contributed by atoms with Crippen molar-refractivity contribution in [3.8, 4) is 0 Å². The molecule has 1 aliphatic carbocycles. The Hall–Kier alpha value is -1.95. The van der Waals surface area contributed by atoms with E-state index in [2.05, 4.69) is 21.0 Å². The predicted molar refractivity (Wildman–Crippen MR) is 67.7 cm³/mol. The van der Waals surface area contributed by atoms with Crippen molar-refractivity contribution in [2.45, 2.75) is 0 Å². The third kappa shape index (κ3) is 2.42. The Morgan fingerprint density at radius 2 is 2.12 bits per heavy atom. The molecule has 5 nitrogen and oxygen atoms in total. The summed E-state index contributed by atoms with van der Waals surface area (Å²) in [5.74, 6) is -0.247. The maximum Gasteiger partial charge on any atom is 0.332 e. The van der Waals surface area contributed by atoms with Crippen LogP contribution in [0.1, 0.15) is 15.9 Å². The van der Waals surface area contributed by atoms with Crippen molar-refractivity contribution in [1.82, 2.24) is 5.43 Å². The fourth-order valence-corrected chi connectivity index (χ4v) is 1.84. The Morgan fingerprint density at radius 3 is 2.82 bits per heavy atom. The maximum atomic E-state index is 12.0. The summed E-state index contributed by atoms with van der Waals surface area (Å²) >= 11 is 3.33. The summed E-state index contributed by atoms with van der Waals surface area (Å²) in [6.07, 6.45) is 3.29. The molecule has 0 unspecified atom stereocenters. The summed E-state index contributed by atoms with van der Waals surface area (Å²) in [4.78, 5) is 22.5. The summed E-state index contributed by atoms with van der Waals surface area (Å²) in [6, 6.07) is 4.50. The number of hydrogen-bond donors (Lipinski definition) is 2. The molecule has 0 fully saturated rings. The average molecular weight is 294 g/mol. The van der Waals surface area contributed by atoms with Crippen LogP contribution in [-0.2, 0) is 0 Å². The number of amides is 2. The second-order valence-corrected chi connectivity index (χ2v) is 4.28. The first-order valence-electron chi connectivity index (χ1n) is 4.73. The fourth-order valence-electron chi connectivity index (χ4n) is 1.46. The van der Waals surface area contributed by atoms with E-state index in [1.807, 2.05) is 11.5 Å². The minimum absolute atomic E-state index is 0.152. The van der Waals surface area contributed by atoms with Crippen LogP contribution >= 0.6 is 15.9 Å². The van der Waals surface area contributed by atoms with Gasteiger partial charge in [0, 0.05) is 10.0 Å². The lowest BCUT2D eigenvalue weighted by Crippen LogP contribution is -2.28. The highest BCUT2D eigenvalue weighted by Gasteiger charge is 2.19. The maximum absolute atomic E-state index is 12.0. The fraction of sp³-hybridized carbons (Fsp3) is 0. The van der Waals surface area contributed by atoms with Crippen LogP contribution in [-0.4, -0.2) is 17.5 Å². The normalized spacial score (nSPS) is 15.8. The van der Waals surface area contributed by atoms with Gasteiger partial charge in [-0.25, -0.2) is 10.2 Å². The molecule has 0 atom stereocenters. The Balaban J connectivity index is 2.37. The molecule has 0 heterocycles. The minimum Gasteiger partial charge on any atom is -0.350 e. The molecule has 0 aliphatic heterocycles. The molecular weight excluding hydrogens is 286 g/mol. The van der Waals surface area contributed by atoms with Gasteiger partial charge in [0.15, 0.2) is 0 Å². The first-order chi connectivity index (χ1) is 8.08. The van der Waals surface area contributed by atoms with E-state index in [9.17, 15) is 9.59 Å². The van der Waals surface area contributed by atoms with Crippen LogP contribution in [0.5, 0.6) is 0 Å². The zero-order valence-electron chi connectivity index (χ0n) is 8.61. The molecule has 17 heavy (non-hydrogen) atoms. The third-order valence-electron chi connectivity index (χ3n) is 2.20. The number of hydrazone groups is 1. The number of ketones is 1. The Labute approximate surface area is 106 Å². The van der Waals surface area contributed by atoms with Crippen LogP contribution in [0.25, 0.3) is 6.08 Å². The van der Waals surface area contributed by atoms with Gasteiger partial charge in [0.25, 0.3) is 0 Å². The molecule has 3 N–H and O–H groups in total. The molecule has 1 aromatic carbocycles. The zero-order chi connectivity index (χ0) is 12.4. The van der Waals surface area contributed by atoms with Crippen molar-refractivity contribution < 1.29 is 9.59 Å². The summed E-state index contributed by atoms with van der Waals surface area (Å²) in [7, 11) is 0. The van der Waals surface area contributed by atoms with E-state index in [4.69, 9.17) is 5.73 Å². The number of nitrogens with zero attached hydrogens (tertiary/aromatic N) is 1.